The third kappa shape index (κ3) is 2.79. The molecule has 0 radical (unpaired) electrons. The Morgan fingerprint density at radius 2 is 1.06 bits per heavy atom. The molecule has 0 fully saturated rings. The first-order valence-electron chi connectivity index (χ1n) is 10.6. The Bertz CT molecular complexity index is 1050. The Kier molecular flexibility index (Phi) is 5.38. The summed E-state index contributed by atoms with van der Waals surface area (Å²) in [5.41, 5.74) is -0.0928. The molecule has 0 saturated heterocycles. The molecule has 0 spiro atoms. The molecule has 2 heterocycles. The predicted molar refractivity (Wildman–Crippen MR) is 129 cm³/mol. The zero-order valence-electron chi connectivity index (χ0n) is 18.4. The second kappa shape index (κ2) is 8.04. The molecule has 2 unspecified atom stereocenters. The van der Waals surface area contributed by atoms with Gasteiger partial charge in [-0.05, 0) is 51.0 Å². The average Bonchev–Trinajstić information content (AvgIpc) is 3.22. The molecule has 0 N–H and O–H groups in total. The van der Waals surface area contributed by atoms with Crippen LogP contribution in [0.1, 0.15) is 26.7 Å². The highest BCUT2D eigenvalue weighted by molar-refractivity contribution is 6.30. The summed E-state index contributed by atoms with van der Waals surface area (Å²) in [5.74, 6) is -0.526. The van der Waals surface area contributed by atoms with E-state index in [1.165, 1.54) is 10.0 Å². The highest BCUT2D eigenvalue weighted by atomic mass is 16.2. The Balaban J connectivity index is 1.91. The lowest BCUT2D eigenvalue weighted by atomic mass is 9.55. The number of hydrazone groups is 2. The van der Waals surface area contributed by atoms with E-state index in [0.29, 0.717) is 22.8 Å². The van der Waals surface area contributed by atoms with Crippen molar-refractivity contribution >= 4 is 34.6 Å². The van der Waals surface area contributed by atoms with Gasteiger partial charge in [-0.25, -0.2) is 0 Å². The van der Waals surface area contributed by atoms with Crippen molar-refractivity contribution in [3.63, 3.8) is 0 Å². The van der Waals surface area contributed by atoms with Crippen LogP contribution in [0, 0.1) is 10.8 Å². The fourth-order valence-electron chi connectivity index (χ4n) is 4.96. The molecule has 32 heavy (non-hydrogen) atoms. The van der Waals surface area contributed by atoms with Gasteiger partial charge in [0.2, 0.25) is 0 Å². The zero-order chi connectivity index (χ0) is 22.9. The van der Waals surface area contributed by atoms with Crippen LogP contribution in [0.5, 0.6) is 0 Å². The molecule has 2 aromatic carbocycles. The van der Waals surface area contributed by atoms with E-state index in [9.17, 15) is 9.59 Å². The summed E-state index contributed by atoms with van der Waals surface area (Å²) in [5, 5.41) is 12.1. The van der Waals surface area contributed by atoms with Gasteiger partial charge < -0.3 is 0 Å². The van der Waals surface area contributed by atoms with E-state index in [-0.39, 0.29) is 24.7 Å². The molecule has 2 amide bonds. The number of hydrogen-bond acceptors (Lipinski definition) is 4. The van der Waals surface area contributed by atoms with Crippen molar-refractivity contribution in [1.29, 1.82) is 0 Å². The molecule has 4 rings (SSSR count). The molecule has 0 aliphatic carbocycles. The number of benzene rings is 2. The molecule has 0 bridgehead atoms. The molecular weight excluding hydrogens is 400 g/mol. The standard InChI is InChI=1S/C26H26N4O2/c1-5-17-25(19(3)27-29(23(25)31)21-13-9-7-10-14-21)26(18-6-2)20(4)28-30(24(26)32)22-15-11-8-12-16-22/h5-16H,1-2,17-18H2,3-4H3. The fourth-order valence-corrected chi connectivity index (χ4v) is 4.96. The fraction of sp³-hybridized carbons (Fsp3) is 0.231. The minimum atomic E-state index is -1.26. The molecule has 6 heteroatoms. The highest BCUT2D eigenvalue weighted by Gasteiger charge is 2.69. The Morgan fingerprint density at radius 1 is 0.719 bits per heavy atom. The quantitative estimate of drug-likeness (QED) is 0.588. The van der Waals surface area contributed by atoms with Crippen LogP contribution in [0.2, 0.25) is 0 Å². The third-order valence-corrected chi connectivity index (χ3v) is 6.48. The van der Waals surface area contributed by atoms with E-state index in [4.69, 9.17) is 0 Å². The second-order valence-corrected chi connectivity index (χ2v) is 8.07. The van der Waals surface area contributed by atoms with Gasteiger partial charge in [-0.15, -0.1) is 13.2 Å². The van der Waals surface area contributed by atoms with Gasteiger partial charge in [-0.2, -0.15) is 20.2 Å². The van der Waals surface area contributed by atoms with Gasteiger partial charge in [-0.3, -0.25) is 9.59 Å². The van der Waals surface area contributed by atoms with E-state index < -0.39 is 10.8 Å². The first-order chi connectivity index (χ1) is 15.4. The average molecular weight is 427 g/mol. The predicted octanol–water partition coefficient (Wildman–Crippen LogP) is 4.96. The second-order valence-electron chi connectivity index (χ2n) is 8.07. The number of hydrogen-bond donors (Lipinski definition) is 0. The van der Waals surface area contributed by atoms with Crippen LogP contribution in [-0.4, -0.2) is 23.2 Å². The van der Waals surface area contributed by atoms with Crippen LogP contribution in [0.15, 0.2) is 96.2 Å². The minimum Gasteiger partial charge on any atom is -0.271 e. The van der Waals surface area contributed by atoms with Crippen LogP contribution >= 0.6 is 0 Å². The SMILES string of the molecule is C=CCC1(C2(CC=C)C(=O)N(c3ccccc3)N=C2C)C(=O)N(c2ccccc2)N=C1C. The third-order valence-electron chi connectivity index (χ3n) is 6.48. The largest absolute Gasteiger partial charge is 0.271 e. The smallest absolute Gasteiger partial charge is 0.261 e. The first-order valence-corrected chi connectivity index (χ1v) is 10.6. The molecule has 2 atom stereocenters. The maximum Gasteiger partial charge on any atom is 0.261 e. The molecular formula is C26H26N4O2. The molecule has 2 aromatic rings. The summed E-state index contributed by atoms with van der Waals surface area (Å²) in [4.78, 5) is 28.3. The lowest BCUT2D eigenvalue weighted by molar-refractivity contribution is -0.136. The van der Waals surface area contributed by atoms with Crippen molar-refractivity contribution in [2.75, 3.05) is 10.0 Å². The molecule has 2 aliphatic rings. The summed E-state index contributed by atoms with van der Waals surface area (Å²) in [6.45, 7) is 11.4. The first kappa shape index (κ1) is 21.4. The van der Waals surface area contributed by atoms with Crippen molar-refractivity contribution in [2.45, 2.75) is 26.7 Å². The lowest BCUT2D eigenvalue weighted by Crippen LogP contribution is -2.59. The number of anilines is 2. The van der Waals surface area contributed by atoms with Gasteiger partial charge in [0.15, 0.2) is 0 Å². The Morgan fingerprint density at radius 3 is 1.38 bits per heavy atom. The normalized spacial score (nSPS) is 25.1. The van der Waals surface area contributed by atoms with Gasteiger partial charge in [0, 0.05) is 0 Å². The van der Waals surface area contributed by atoms with Crippen molar-refractivity contribution in [2.24, 2.45) is 21.0 Å². The maximum absolute atomic E-state index is 14.1. The summed E-state index contributed by atoms with van der Waals surface area (Å²) >= 11 is 0. The molecule has 0 aromatic heterocycles. The van der Waals surface area contributed by atoms with Gasteiger partial charge in [0.25, 0.3) is 11.8 Å². The van der Waals surface area contributed by atoms with E-state index in [1.54, 1.807) is 26.0 Å². The molecule has 162 valence electrons. The van der Waals surface area contributed by atoms with E-state index in [2.05, 4.69) is 23.4 Å². The van der Waals surface area contributed by atoms with Crippen LogP contribution in [0.25, 0.3) is 0 Å². The molecule has 2 aliphatic heterocycles. The number of allylic oxidation sites excluding steroid dienone is 2. The Hall–Kier alpha value is -3.80. The number of amides is 2. The van der Waals surface area contributed by atoms with Crippen molar-refractivity contribution in [1.82, 2.24) is 0 Å². The zero-order valence-corrected chi connectivity index (χ0v) is 18.4. The van der Waals surface area contributed by atoms with E-state index >= 15 is 0 Å². The van der Waals surface area contributed by atoms with Crippen LogP contribution in [-0.2, 0) is 9.59 Å². The van der Waals surface area contributed by atoms with Crippen molar-refractivity contribution in [3.05, 3.63) is 86.0 Å². The number of carbonyl (C=O) groups excluding carboxylic acids is 2. The van der Waals surface area contributed by atoms with Crippen LogP contribution in [0.4, 0.5) is 11.4 Å². The van der Waals surface area contributed by atoms with E-state index in [0.717, 1.165) is 0 Å². The topological polar surface area (TPSA) is 65.3 Å². The van der Waals surface area contributed by atoms with Gasteiger partial charge in [0.1, 0.15) is 10.8 Å². The van der Waals surface area contributed by atoms with Gasteiger partial charge in [-0.1, -0.05) is 48.6 Å². The van der Waals surface area contributed by atoms with Crippen LogP contribution in [0.3, 0.4) is 0 Å². The number of para-hydroxylation sites is 2. The number of rotatable bonds is 7. The Labute approximate surface area is 188 Å². The van der Waals surface area contributed by atoms with Gasteiger partial charge >= 0.3 is 0 Å². The number of nitrogens with zero attached hydrogens (tertiary/aromatic N) is 4. The van der Waals surface area contributed by atoms with Crippen LogP contribution < -0.4 is 10.0 Å². The summed E-state index contributed by atoms with van der Waals surface area (Å²) in [6.07, 6.45) is 3.86. The molecule has 6 nitrogen and oxygen atoms in total. The maximum atomic E-state index is 14.1. The summed E-state index contributed by atoms with van der Waals surface area (Å²) < 4.78 is 0. The number of carbonyl (C=O) groups is 2. The van der Waals surface area contributed by atoms with Crippen molar-refractivity contribution in [3.8, 4) is 0 Å². The van der Waals surface area contributed by atoms with Gasteiger partial charge in [0.05, 0.1) is 22.8 Å². The highest BCUT2D eigenvalue weighted by Crippen LogP contribution is 2.55. The van der Waals surface area contributed by atoms with E-state index in [1.807, 2.05) is 60.7 Å². The minimum absolute atomic E-state index is 0.250. The monoisotopic (exact) mass is 426 g/mol. The van der Waals surface area contributed by atoms with Crippen molar-refractivity contribution < 1.29 is 9.59 Å². The lowest BCUT2D eigenvalue weighted by Gasteiger charge is -2.42. The molecule has 0 saturated carbocycles. The summed E-state index contributed by atoms with van der Waals surface area (Å²) in [6, 6.07) is 18.5. The summed E-state index contributed by atoms with van der Waals surface area (Å²) in [7, 11) is 0.